The molecule has 0 aliphatic rings. The molecule has 0 amide bonds. The van der Waals surface area contributed by atoms with Gasteiger partial charge in [-0.25, -0.2) is 15.0 Å². The molecule has 0 bridgehead atoms. The molecule has 0 saturated carbocycles. The highest BCUT2D eigenvalue weighted by molar-refractivity contribution is 6.18. The second-order valence-electron chi connectivity index (χ2n) is 17.2. The quantitative estimate of drug-likeness (QED) is 0.153. The van der Waals surface area contributed by atoms with Crippen LogP contribution >= 0.6 is 0 Å². The summed E-state index contributed by atoms with van der Waals surface area (Å²) in [5.74, 6) is 1.83. The Balaban J connectivity index is 1.01. The number of fused-ring (bicyclic) bond motifs is 6. The number of para-hydroxylation sites is 4. The molecule has 3 aromatic heterocycles. The lowest BCUT2D eigenvalue weighted by atomic mass is 9.98. The number of nitrogens with zero attached hydrogens (tertiary/aromatic N) is 5. The Labute approximate surface area is 393 Å². The van der Waals surface area contributed by atoms with Gasteiger partial charge in [-0.15, -0.1) is 0 Å². The van der Waals surface area contributed by atoms with E-state index in [0.717, 1.165) is 83.2 Å². The maximum atomic E-state index is 5.37. The van der Waals surface area contributed by atoms with E-state index in [1.807, 2.05) is 6.07 Å². The van der Waals surface area contributed by atoms with Crippen LogP contribution in [0, 0.1) is 0 Å². The van der Waals surface area contributed by atoms with Crippen LogP contribution in [0.4, 0.5) is 0 Å². The lowest BCUT2D eigenvalue weighted by Crippen LogP contribution is -2.01. The highest BCUT2D eigenvalue weighted by Crippen LogP contribution is 2.42. The fourth-order valence-corrected chi connectivity index (χ4v) is 10.0. The summed E-state index contributed by atoms with van der Waals surface area (Å²) < 4.78 is 4.83. The Morgan fingerprint density at radius 2 is 0.706 bits per heavy atom. The Bertz CT molecular complexity index is 4000. The average molecular weight is 868 g/mol. The molecule has 0 atom stereocenters. The summed E-state index contributed by atoms with van der Waals surface area (Å²) in [6, 6.07) is 88.1. The van der Waals surface area contributed by atoms with E-state index in [-0.39, 0.29) is 0 Å². The Morgan fingerprint density at radius 3 is 1.38 bits per heavy atom. The van der Waals surface area contributed by atoms with E-state index in [9.17, 15) is 0 Å². The minimum absolute atomic E-state index is 0.609. The van der Waals surface area contributed by atoms with Crippen molar-refractivity contribution in [2.24, 2.45) is 0 Å². The number of rotatable bonds is 8. The molecule has 0 N–H and O–H groups in total. The van der Waals surface area contributed by atoms with Crippen LogP contribution in [0.5, 0.6) is 0 Å². The molecule has 0 unspecified atom stereocenters. The number of hydrogen-bond acceptors (Lipinski definition) is 3. The van der Waals surface area contributed by atoms with Crippen molar-refractivity contribution in [1.29, 1.82) is 0 Å². The molecule has 68 heavy (non-hydrogen) atoms. The topological polar surface area (TPSA) is 48.5 Å². The van der Waals surface area contributed by atoms with E-state index >= 15 is 0 Å². The fourth-order valence-electron chi connectivity index (χ4n) is 10.0. The fraction of sp³-hybridized carbons (Fsp3) is 0. The van der Waals surface area contributed by atoms with Crippen molar-refractivity contribution in [3.05, 3.63) is 249 Å². The van der Waals surface area contributed by atoms with Crippen LogP contribution in [-0.4, -0.2) is 24.1 Å². The predicted molar refractivity (Wildman–Crippen MR) is 281 cm³/mol. The van der Waals surface area contributed by atoms with Crippen molar-refractivity contribution >= 4 is 43.6 Å². The maximum absolute atomic E-state index is 5.37. The molecule has 0 fully saturated rings. The van der Waals surface area contributed by atoms with E-state index in [2.05, 4.69) is 252 Å². The third-order valence-corrected chi connectivity index (χ3v) is 13.2. The zero-order chi connectivity index (χ0) is 45.0. The molecule has 0 aliphatic heterocycles. The van der Waals surface area contributed by atoms with E-state index in [1.54, 1.807) is 0 Å². The Hall–Kier alpha value is -9.19. The van der Waals surface area contributed by atoms with Crippen LogP contribution in [-0.2, 0) is 0 Å². The van der Waals surface area contributed by atoms with Crippen LogP contribution in [0.25, 0.3) is 123 Å². The molecule has 0 radical (unpaired) electrons. The van der Waals surface area contributed by atoms with Crippen molar-refractivity contribution in [3.63, 3.8) is 0 Å². The molecule has 318 valence electrons. The molecule has 0 saturated heterocycles. The molecule has 10 aromatic carbocycles. The highest BCUT2D eigenvalue weighted by atomic mass is 15.1. The van der Waals surface area contributed by atoms with E-state index in [0.29, 0.717) is 17.5 Å². The maximum Gasteiger partial charge on any atom is 0.164 e. The highest BCUT2D eigenvalue weighted by Gasteiger charge is 2.23. The summed E-state index contributed by atoms with van der Waals surface area (Å²) in [5.41, 5.74) is 16.3. The summed E-state index contributed by atoms with van der Waals surface area (Å²) in [6.45, 7) is 0. The van der Waals surface area contributed by atoms with Gasteiger partial charge in [0, 0.05) is 43.9 Å². The van der Waals surface area contributed by atoms with Crippen LogP contribution in [0.3, 0.4) is 0 Å². The van der Waals surface area contributed by atoms with Crippen molar-refractivity contribution in [3.8, 4) is 78.9 Å². The summed E-state index contributed by atoms with van der Waals surface area (Å²) >= 11 is 0. The van der Waals surface area contributed by atoms with Gasteiger partial charge < -0.3 is 9.13 Å². The predicted octanol–water partition coefficient (Wildman–Crippen LogP) is 16.1. The molecular weight excluding hydrogens is 827 g/mol. The van der Waals surface area contributed by atoms with Crippen molar-refractivity contribution in [1.82, 2.24) is 24.1 Å². The molecule has 5 heteroatoms. The Morgan fingerprint density at radius 1 is 0.265 bits per heavy atom. The first-order chi connectivity index (χ1) is 33.7. The first-order valence-corrected chi connectivity index (χ1v) is 23.0. The first kappa shape index (κ1) is 39.2. The third-order valence-electron chi connectivity index (χ3n) is 13.2. The second kappa shape index (κ2) is 16.4. The van der Waals surface area contributed by atoms with Gasteiger partial charge >= 0.3 is 0 Å². The number of aromatic nitrogens is 5. The SMILES string of the molecule is c1ccc(-c2cccc(-c3ccc(-c4nc(-c5cccc(-c6ccccc6)c5)nc(-c5cccc6c5c5ccccc5n6-c5cccc6c7ccccc7n(-c7ccccc7)c56)n4)cc3)c2)cc1. The minimum atomic E-state index is 0.609. The van der Waals surface area contributed by atoms with Crippen LogP contribution in [0.15, 0.2) is 249 Å². The largest absolute Gasteiger partial charge is 0.307 e. The molecule has 3 heterocycles. The molecule has 0 aliphatic carbocycles. The van der Waals surface area contributed by atoms with Crippen molar-refractivity contribution < 1.29 is 0 Å². The Kier molecular flexibility index (Phi) is 9.43. The first-order valence-electron chi connectivity index (χ1n) is 23.0. The number of benzene rings is 10. The smallest absolute Gasteiger partial charge is 0.164 e. The van der Waals surface area contributed by atoms with Crippen LogP contribution < -0.4 is 0 Å². The zero-order valence-electron chi connectivity index (χ0n) is 36.9. The standard InChI is InChI=1S/C63H41N5/c1-4-18-42(19-5-1)46-22-14-23-47(40-46)44-36-38-45(39-37-44)61-64-62(49-25-15-24-48(41-49)43-20-6-2-7-21-43)66-63(65-61)54-31-17-34-57-59(54)53-29-11-13-33-56(53)68(57)58-35-16-30-52-51-28-10-12-32-55(51)67(60(52)58)50-26-8-3-9-27-50/h1-41H. The monoisotopic (exact) mass is 867 g/mol. The van der Waals surface area contributed by atoms with Gasteiger partial charge in [0.15, 0.2) is 17.5 Å². The lowest BCUT2D eigenvalue weighted by Gasteiger charge is -2.14. The van der Waals surface area contributed by atoms with E-state index < -0.39 is 0 Å². The molecule has 13 rings (SSSR count). The average Bonchev–Trinajstić information content (AvgIpc) is 3.95. The molecule has 13 aromatic rings. The van der Waals surface area contributed by atoms with Gasteiger partial charge in [-0.1, -0.05) is 200 Å². The van der Waals surface area contributed by atoms with Crippen molar-refractivity contribution in [2.45, 2.75) is 0 Å². The summed E-state index contributed by atoms with van der Waals surface area (Å²) in [5, 5.41) is 4.61. The second-order valence-corrected chi connectivity index (χ2v) is 17.2. The van der Waals surface area contributed by atoms with Gasteiger partial charge in [0.25, 0.3) is 0 Å². The van der Waals surface area contributed by atoms with Gasteiger partial charge in [-0.05, 0) is 81.9 Å². The van der Waals surface area contributed by atoms with Crippen LogP contribution in [0.2, 0.25) is 0 Å². The molecule has 5 nitrogen and oxygen atoms in total. The van der Waals surface area contributed by atoms with Crippen LogP contribution in [0.1, 0.15) is 0 Å². The minimum Gasteiger partial charge on any atom is -0.307 e. The number of hydrogen-bond donors (Lipinski definition) is 0. The lowest BCUT2D eigenvalue weighted by molar-refractivity contribution is 1.08. The van der Waals surface area contributed by atoms with E-state index in [1.165, 1.54) is 21.9 Å². The van der Waals surface area contributed by atoms with Gasteiger partial charge in [-0.3, -0.25) is 0 Å². The summed E-state index contributed by atoms with van der Waals surface area (Å²) in [4.78, 5) is 16.0. The summed E-state index contributed by atoms with van der Waals surface area (Å²) in [7, 11) is 0. The molecule has 0 spiro atoms. The summed E-state index contributed by atoms with van der Waals surface area (Å²) in [6.07, 6.45) is 0. The molecular formula is C63H41N5. The zero-order valence-corrected chi connectivity index (χ0v) is 36.9. The van der Waals surface area contributed by atoms with Crippen molar-refractivity contribution in [2.75, 3.05) is 0 Å². The van der Waals surface area contributed by atoms with Gasteiger partial charge in [0.05, 0.1) is 27.8 Å². The van der Waals surface area contributed by atoms with E-state index in [4.69, 9.17) is 15.0 Å². The van der Waals surface area contributed by atoms with Gasteiger partial charge in [-0.2, -0.15) is 0 Å². The third kappa shape index (κ3) is 6.68. The van der Waals surface area contributed by atoms with Gasteiger partial charge in [0.1, 0.15) is 0 Å². The normalized spacial score (nSPS) is 11.5. The van der Waals surface area contributed by atoms with Gasteiger partial charge in [0.2, 0.25) is 0 Å².